The number of ether oxygens (including phenoxy) is 10. The summed E-state index contributed by atoms with van der Waals surface area (Å²) in [5.74, 6) is 0.550. The molecule has 0 saturated carbocycles. The minimum Gasteiger partial charge on any atom is -0.387 e. The van der Waals surface area contributed by atoms with Crippen LogP contribution < -0.4 is 45.5 Å². The van der Waals surface area contributed by atoms with Crippen molar-refractivity contribution in [2.75, 3.05) is 61.7 Å². The van der Waals surface area contributed by atoms with Gasteiger partial charge in [-0.1, -0.05) is 0 Å². The molecule has 20 atom stereocenters. The molecule has 0 radical (unpaired) electrons. The summed E-state index contributed by atoms with van der Waals surface area (Å²) in [6.07, 6.45) is -3.94. The molecule has 44 heteroatoms. The lowest BCUT2D eigenvalue weighted by atomic mass is 9.96. The molecule has 44 nitrogen and oxygen atoms in total. The average Bonchev–Trinajstić information content (AvgIpc) is 1.61. The maximum absolute atomic E-state index is 12.0. The number of fused-ring (bicyclic) bond motifs is 4. The van der Waals surface area contributed by atoms with Crippen molar-refractivity contribution in [2.45, 2.75) is 287 Å². The number of aliphatic hydroxyl groups is 10. The molecular weight excluding hydrogens is 1570 g/mol. The molecule has 0 spiro atoms. The third-order valence-corrected chi connectivity index (χ3v) is 20.3. The summed E-state index contributed by atoms with van der Waals surface area (Å²) in [6, 6.07) is 4.74. The number of nitrogens with two attached hydrogens (primary N) is 5. The lowest BCUT2D eigenvalue weighted by molar-refractivity contribution is -0.109. The number of nitrogen functional groups attached to an aromatic ring is 5. The monoisotopic (exact) mass is 1690 g/mol. The van der Waals surface area contributed by atoms with E-state index >= 15 is 0 Å². The van der Waals surface area contributed by atoms with E-state index in [4.69, 9.17) is 76.0 Å². The van der Waals surface area contributed by atoms with Gasteiger partial charge in [0, 0.05) is 18.6 Å². The van der Waals surface area contributed by atoms with Crippen molar-refractivity contribution in [1.82, 2.24) is 77.7 Å². The number of aromatic amines is 2. The van der Waals surface area contributed by atoms with Crippen LogP contribution in [0.3, 0.4) is 0 Å². The Morgan fingerprint density at radius 1 is 0.375 bits per heavy atom. The quantitative estimate of drug-likeness (QED) is 0.0659. The Hall–Kier alpha value is -8.98. The van der Waals surface area contributed by atoms with Crippen LogP contribution in [0.4, 0.5) is 29.4 Å². The zero-order valence-corrected chi connectivity index (χ0v) is 70.9. The minimum absolute atomic E-state index is 0.0387. The van der Waals surface area contributed by atoms with Gasteiger partial charge in [0.25, 0.3) is 11.1 Å². The fraction of sp³-hybridized carbons (Fsp3) is 0.658. The van der Waals surface area contributed by atoms with Crippen LogP contribution in [-0.2, 0) is 47.4 Å². The van der Waals surface area contributed by atoms with Gasteiger partial charge in [0.1, 0.15) is 124 Å². The summed E-state index contributed by atoms with van der Waals surface area (Å²) >= 11 is 0. The van der Waals surface area contributed by atoms with Gasteiger partial charge in [0.15, 0.2) is 59.4 Å². The van der Waals surface area contributed by atoms with E-state index in [9.17, 15) is 65.4 Å². The molecule has 0 aliphatic carbocycles. The molecule has 14 rings (SSSR count). The van der Waals surface area contributed by atoms with E-state index in [1.165, 1.54) is 81.3 Å². The molecule has 22 N–H and O–H groups in total. The highest BCUT2D eigenvalue weighted by atomic mass is 16.6. The summed E-state index contributed by atoms with van der Waals surface area (Å²) < 4.78 is 64.6. The first-order valence-electron chi connectivity index (χ1n) is 38.7. The van der Waals surface area contributed by atoms with E-state index in [0.717, 1.165) is 4.57 Å². The maximum Gasteiger partial charge on any atom is 0.351 e. The average molecular weight is 1690 g/mol. The second kappa shape index (κ2) is 34.4. The highest BCUT2D eigenvalue weighted by Gasteiger charge is 2.59. The number of hydrogen-bond donors (Lipinski definition) is 17. The summed E-state index contributed by atoms with van der Waals surface area (Å²) in [5.41, 5.74) is 18.7. The van der Waals surface area contributed by atoms with E-state index in [1.807, 2.05) is 104 Å². The highest BCUT2D eigenvalue weighted by Crippen LogP contribution is 2.45. The van der Waals surface area contributed by atoms with Crippen molar-refractivity contribution < 1.29 is 98.4 Å². The highest BCUT2D eigenvalue weighted by molar-refractivity contribution is 5.86. The van der Waals surface area contributed by atoms with E-state index in [0.29, 0.717) is 33.4 Å². The number of hydrogen-bond acceptors (Lipinski definition) is 37. The first-order valence-corrected chi connectivity index (χ1v) is 38.7. The lowest BCUT2D eigenvalue weighted by Crippen LogP contribution is -2.46. The van der Waals surface area contributed by atoms with Crippen LogP contribution in [0.5, 0.6) is 0 Å². The predicted molar refractivity (Wildman–Crippen MR) is 433 cm³/mol. The van der Waals surface area contributed by atoms with Gasteiger partial charge in [-0.2, -0.15) is 15.0 Å². The third-order valence-electron chi connectivity index (χ3n) is 20.3. The Bertz CT molecular complexity index is 4950. The number of H-pyrrole nitrogens is 2. The van der Waals surface area contributed by atoms with Crippen LogP contribution in [0.15, 0.2) is 76.5 Å². The van der Waals surface area contributed by atoms with Crippen LogP contribution >= 0.6 is 0 Å². The van der Waals surface area contributed by atoms with Gasteiger partial charge in [-0.25, -0.2) is 34.7 Å². The van der Waals surface area contributed by atoms with Gasteiger partial charge >= 0.3 is 5.69 Å². The van der Waals surface area contributed by atoms with E-state index in [2.05, 4.69) is 54.8 Å². The topological polar surface area (TPSA) is 648 Å². The van der Waals surface area contributed by atoms with Crippen molar-refractivity contribution in [1.29, 1.82) is 0 Å². The Morgan fingerprint density at radius 3 is 1.07 bits per heavy atom. The molecule has 664 valence electrons. The number of imidazole rings is 2. The molecule has 0 aromatic carbocycles. The number of nitrogens with one attached hydrogen (secondary N) is 2. The fourth-order valence-corrected chi connectivity index (χ4v) is 13.7. The summed E-state index contributed by atoms with van der Waals surface area (Å²) in [6.45, 7) is 36.4. The number of aliphatic hydroxyl groups excluding tert-OH is 5. The molecule has 0 bridgehead atoms. The maximum atomic E-state index is 12.0. The van der Waals surface area contributed by atoms with E-state index in [1.54, 1.807) is 33.7 Å². The molecule has 0 unspecified atom stereocenters. The third kappa shape index (κ3) is 20.4. The summed E-state index contributed by atoms with van der Waals surface area (Å²) in [5, 5.41) is 107. The molecule has 0 amide bonds. The fourth-order valence-electron chi connectivity index (χ4n) is 13.7. The van der Waals surface area contributed by atoms with Crippen LogP contribution in [0.2, 0.25) is 0 Å². The number of anilines is 5. The summed E-state index contributed by atoms with van der Waals surface area (Å²) in [4.78, 5) is 76.7. The van der Waals surface area contributed by atoms with Crippen molar-refractivity contribution in [3.8, 4) is 0 Å². The molecule has 5 aliphatic rings. The number of aromatic nitrogens is 16. The van der Waals surface area contributed by atoms with Crippen molar-refractivity contribution >= 4 is 73.7 Å². The van der Waals surface area contributed by atoms with Crippen molar-refractivity contribution in [2.24, 2.45) is 0 Å². The van der Waals surface area contributed by atoms with Crippen molar-refractivity contribution in [3.05, 3.63) is 93.3 Å². The Morgan fingerprint density at radius 2 is 0.683 bits per heavy atom. The largest absolute Gasteiger partial charge is 0.387 e. The number of rotatable bonds is 15. The normalized spacial score (nSPS) is 30.9. The van der Waals surface area contributed by atoms with Gasteiger partial charge in [-0.05, 0) is 157 Å². The predicted octanol–water partition coefficient (Wildman–Crippen LogP) is 0.378. The first kappa shape index (κ1) is 93.3. The molecule has 120 heavy (non-hydrogen) atoms. The second-order valence-corrected chi connectivity index (χ2v) is 36.1. The molecular formula is C76H117N21O23. The van der Waals surface area contributed by atoms with Crippen LogP contribution in [0.1, 0.15) is 170 Å². The Kier molecular flexibility index (Phi) is 26.7. The van der Waals surface area contributed by atoms with Crippen LogP contribution in [0, 0.1) is 0 Å². The summed E-state index contributed by atoms with van der Waals surface area (Å²) in [7, 11) is 0. The molecule has 5 saturated heterocycles. The zero-order chi connectivity index (χ0) is 89.2. The Balaban J connectivity index is 0.000000158. The van der Waals surface area contributed by atoms with Gasteiger partial charge in [0.05, 0.1) is 84.5 Å². The molecule has 9 aromatic heterocycles. The van der Waals surface area contributed by atoms with E-state index in [-0.39, 0.29) is 90.1 Å². The Labute approximate surface area is 688 Å². The standard InChI is InChI=1S/C16H24N4O5.C16H24N4O4.C15H23N5O5.C15H23N5O4.C14H23N3O5/c1-15(2,3)24-7-9-10(21)16(4,23)13(25-9)20-6-5-8-11(20)18-14(17)19-12(8)22;1-15(2,3)23-7-10-11(21)16(4,22)14(24-10)20-6-5-9-12(17)18-8-19-13(9)20;1-14(2,3)24-5-7-9(21)15(4,23)12(25-7)20-6-17-8-10(20)18-13(16)19-11(8)22;1-14(2,3)23-5-8-10(21)15(4,22)13(24-8)20-7-19-9-11(16)17-6-18-12(9)20;1-13(2,3)21-7-8-10(18)14(4,20)11(22-8)17-6-5-9(15)16-12(17)19/h5-6,9-10,13,21,23H,7H2,1-4H3,(H3,17,18,19,22);5-6,8,10-11,14,21-22H,7H2,1-4H3,(H2,17,18,19);6-7,9,12,21,23H,5H2,1-4H3,(H3,16,18,19,22);6-8,10,13,21-22H,5H2,1-4H3,(H2,16,17,18);5-6,8,10-11,18,20H,7H2,1-4H3,(H2,15,16,19)/t9-,10-,13-,16-;10-,11-,14-,16-;7-,9-,12-,15-;8-,10-,13-,15-;8-,10-,11-,14-/m11111/s1. The van der Waals surface area contributed by atoms with Gasteiger partial charge in [-0.15, -0.1) is 0 Å². The van der Waals surface area contributed by atoms with E-state index < -0.39 is 148 Å². The lowest BCUT2D eigenvalue weighted by Gasteiger charge is -2.27. The van der Waals surface area contributed by atoms with Crippen LogP contribution in [-0.4, -0.2) is 279 Å². The minimum atomic E-state index is -1.66. The zero-order valence-electron chi connectivity index (χ0n) is 70.9. The van der Waals surface area contributed by atoms with Crippen molar-refractivity contribution in [3.63, 3.8) is 0 Å². The molecule has 5 fully saturated rings. The number of nitrogens with zero attached hydrogens (tertiary/aromatic N) is 14. The molecule has 5 aliphatic heterocycles. The molecule has 14 heterocycles. The van der Waals surface area contributed by atoms with Gasteiger partial charge in [0.2, 0.25) is 11.9 Å². The SMILES string of the molecule is CC(C)(C)OC[C@H]1O[C@@H](n2ccc(N)nc2=O)[C@](C)(O)[C@@H]1O.CC(C)(C)OC[C@H]1O[C@@H](n2ccc3c(=O)[nH]c(N)nc32)[C@](C)(O)[C@@H]1O.CC(C)(C)OC[C@H]1O[C@@H](n2ccc3c(N)ncnc32)[C@](C)(O)[C@@H]1O.CC(C)(C)OC[C@H]1O[C@@H](n2cnc3c(=O)[nH]c(N)nc32)[C@](C)(O)[C@@H]1O.CC(C)(C)OC[C@H]1O[C@@H](n2cnc3c(N)ncnc32)[C@](C)(O)[C@@H]1O. The smallest absolute Gasteiger partial charge is 0.351 e. The molecule has 9 aromatic rings. The van der Waals surface area contributed by atoms with Gasteiger partial charge in [-0.3, -0.25) is 33.3 Å². The van der Waals surface area contributed by atoms with Gasteiger partial charge < -0.3 is 136 Å². The first-order chi connectivity index (χ1) is 55.2. The van der Waals surface area contributed by atoms with Crippen LogP contribution in [0.25, 0.3) is 44.4 Å². The second-order valence-electron chi connectivity index (χ2n) is 36.1.